The number of rotatable bonds is 36. The van der Waals surface area contributed by atoms with Crippen LogP contribution in [-0.4, -0.2) is 121 Å². The molecule has 22 nitrogen and oxygen atoms in total. The van der Waals surface area contributed by atoms with Gasteiger partial charge in [-0.3, -0.25) is 29.3 Å². The number of thioether (sulfide) groups is 3. The van der Waals surface area contributed by atoms with Crippen molar-refractivity contribution in [2.24, 2.45) is 0 Å². The zero-order chi connectivity index (χ0) is 71.1. The molecule has 0 bridgehead atoms. The van der Waals surface area contributed by atoms with E-state index in [9.17, 15) is 39.5 Å². The monoisotopic (exact) mass is 1430 g/mol. The number of aryl methyl sites for hydroxylation is 3. The summed E-state index contributed by atoms with van der Waals surface area (Å²) in [4.78, 5) is 62.3. The molecule has 3 heterocycles. The second-order valence-electron chi connectivity index (χ2n) is 23.5. The summed E-state index contributed by atoms with van der Waals surface area (Å²) in [6.45, 7) is 13.1. The molecular weight excluding hydrogens is 1350 g/mol. The van der Waals surface area contributed by atoms with E-state index in [0.29, 0.717) is 76.4 Å². The zero-order valence-corrected chi connectivity index (χ0v) is 59.7. The number of benzene rings is 7. The van der Waals surface area contributed by atoms with E-state index in [1.54, 1.807) is 75.7 Å². The highest BCUT2D eigenvalue weighted by molar-refractivity contribution is 8.03. The van der Waals surface area contributed by atoms with Gasteiger partial charge < -0.3 is 45.4 Å². The number of anilines is 1. The Bertz CT molecular complexity index is 4450. The third-order valence-corrected chi connectivity index (χ3v) is 20.8. The molecule has 0 aliphatic rings. The summed E-state index contributed by atoms with van der Waals surface area (Å²) < 4.78 is 18.2. The van der Waals surface area contributed by atoms with Crippen LogP contribution in [0.2, 0.25) is 0 Å². The van der Waals surface area contributed by atoms with Crippen LogP contribution < -0.4 is 20.1 Å². The summed E-state index contributed by atoms with van der Waals surface area (Å²) >= 11 is 5.67. The Morgan fingerprint density at radius 1 is 0.620 bits per heavy atom. The normalized spacial score (nSPS) is 11.2. The quantitative estimate of drug-likeness (QED) is 0.00920. The number of para-hydroxylation sites is 2. The number of unbranched alkanes of at least 4 members (excludes halogenated alkanes) is 8. The lowest BCUT2D eigenvalue weighted by molar-refractivity contribution is -0.384. The van der Waals surface area contributed by atoms with Crippen LogP contribution in [0.4, 0.5) is 11.4 Å². The zero-order valence-electron chi connectivity index (χ0n) is 56.5. The fraction of sp³-hybridized carbons (Fsp3) is 0.324. The smallest absolute Gasteiger partial charge is 0.313 e. The summed E-state index contributed by atoms with van der Waals surface area (Å²) in [5.74, 6) is -0.0778. The average Bonchev–Trinajstić information content (AvgIpc) is 1.77. The van der Waals surface area contributed by atoms with Crippen molar-refractivity contribution >= 4 is 103 Å². The van der Waals surface area contributed by atoms with Gasteiger partial charge in [0.2, 0.25) is 11.8 Å². The van der Waals surface area contributed by atoms with Crippen molar-refractivity contribution in [2.45, 2.75) is 125 Å². The molecule has 0 radical (unpaired) electrons. The molecule has 0 unspecified atom stereocenters. The molecule has 0 saturated heterocycles. The van der Waals surface area contributed by atoms with Gasteiger partial charge in [-0.15, -0.1) is 10.2 Å². The molecule has 0 atom stereocenters. The number of nitrogens with zero attached hydrogens (tertiary/aromatic N) is 8. The number of aromatic hydroxyl groups is 2. The van der Waals surface area contributed by atoms with E-state index in [2.05, 4.69) is 46.5 Å². The van der Waals surface area contributed by atoms with E-state index >= 15 is 0 Å². The minimum atomic E-state index is -1.05. The Kier molecular flexibility index (Phi) is 27.7. The number of nitro benzene ring substituents is 1. The summed E-state index contributed by atoms with van der Waals surface area (Å²) in [7, 11) is 0. The lowest BCUT2D eigenvalue weighted by atomic mass is 10.0. The topological polar surface area (TPSA) is 300 Å². The molecule has 26 heteroatoms. The van der Waals surface area contributed by atoms with E-state index in [-0.39, 0.29) is 47.0 Å². The van der Waals surface area contributed by atoms with Gasteiger partial charge in [-0.2, -0.15) is 22.0 Å². The Morgan fingerprint density at radius 2 is 1.16 bits per heavy atom. The highest BCUT2D eigenvalue weighted by atomic mass is 32.2. The van der Waals surface area contributed by atoms with Crippen molar-refractivity contribution in [3.63, 3.8) is 0 Å². The number of phenols is 2. The molecule has 0 aliphatic carbocycles. The summed E-state index contributed by atoms with van der Waals surface area (Å²) in [6.07, 6.45) is 11.2. The summed E-state index contributed by atoms with van der Waals surface area (Å²) in [6, 6.07) is 40.5. The van der Waals surface area contributed by atoms with Crippen LogP contribution in [0.25, 0.3) is 32.9 Å². The van der Waals surface area contributed by atoms with E-state index in [4.69, 9.17) is 29.9 Å². The van der Waals surface area contributed by atoms with Crippen molar-refractivity contribution in [3.05, 3.63) is 189 Å². The number of aliphatic carboxylic acids is 2. The number of hydrogen-bond acceptors (Lipinski definition) is 19. The highest BCUT2D eigenvalue weighted by Crippen LogP contribution is 2.44. The van der Waals surface area contributed by atoms with Crippen molar-refractivity contribution in [1.82, 2.24) is 40.0 Å². The number of carboxylic acids is 2. The Balaban J connectivity index is 0.000000236. The number of nitro groups is 1. The largest absolute Gasteiger partial charge is 0.506 e. The van der Waals surface area contributed by atoms with Gasteiger partial charge in [-0.25, -0.2) is 9.36 Å². The molecule has 2 amide bonds. The first-order chi connectivity index (χ1) is 48.5. The molecule has 6 N–H and O–H groups in total. The van der Waals surface area contributed by atoms with Crippen LogP contribution in [0.15, 0.2) is 148 Å². The van der Waals surface area contributed by atoms with E-state index in [0.717, 1.165) is 96.6 Å². The minimum absolute atomic E-state index is 0.0430. The first-order valence-corrected chi connectivity index (χ1v) is 37.2. The van der Waals surface area contributed by atoms with Crippen molar-refractivity contribution in [3.8, 4) is 46.1 Å². The standard InChI is InChI=1S/C41H55N5O7S.C33H27N5O5S3/c1-4-7-8-9-10-11-12-13-14-19-36-35(29-54-27-26-44(5-2)6-3)41(45(43-36)30-20-22-31(23-21-30)46(51)52)53-37-28-34(40(50)42-25-24-38(47)48)39(49)33-18-16-15-17-32(33)37;1-19-10-6-9-15-26(19)34-30(42)24-16-27(22-13-7-8-14-23(22)29(24)41)43-31-25(20(2)37-38(31)21-11-4-3-5-12-21)17-44-32-35-36-33(46-32)45-18-28(39)40/h15-18,20-23,28,49H,4-14,19,24-27,29H2,1-3H3,(H,42,50)(H,47,48);3-16,41H,17-18H2,1-2H3,(H,34,42)(H,39,40). The molecule has 10 rings (SSSR count). The predicted octanol–water partition coefficient (Wildman–Crippen LogP) is 17.0. The second kappa shape index (κ2) is 37.1. The van der Waals surface area contributed by atoms with Crippen LogP contribution in [0.1, 0.15) is 134 Å². The fourth-order valence-corrected chi connectivity index (χ4v) is 15.0. The van der Waals surface area contributed by atoms with Gasteiger partial charge in [-0.05, 0) is 87.8 Å². The number of nitrogens with one attached hydrogen (secondary N) is 2. The number of carbonyl (C=O) groups excluding carboxylic acids is 2. The maximum atomic E-state index is 13.5. The van der Waals surface area contributed by atoms with E-state index < -0.39 is 28.7 Å². The molecule has 10 aromatic rings. The van der Waals surface area contributed by atoms with E-state index in [1.165, 1.54) is 79.8 Å². The SMILES string of the molecule is CCCCCCCCCCCc1nn(-c2ccc([N+](=O)[O-])cc2)c(Oc2cc(C(=O)NCCC(=O)O)c(O)c3ccccc23)c1CSCCN(CC)CC.Cc1ccccc1NC(=O)c1cc(Oc2c(CSc3nnc(SCC(=O)O)s3)c(C)nn2-c2ccccc2)c2ccccc2c1O. The number of carboxylic acid groups (broad SMARTS) is 2. The summed E-state index contributed by atoms with van der Waals surface area (Å²) in [5.41, 5.74) is 6.18. The van der Waals surface area contributed by atoms with Gasteiger partial charge in [0.05, 0.1) is 51.0 Å². The molecule has 0 fully saturated rings. The number of phenolic OH excluding ortho intramolecular Hbond substituents is 2. The molecule has 0 spiro atoms. The highest BCUT2D eigenvalue weighted by Gasteiger charge is 2.28. The molecule has 3 aromatic heterocycles. The van der Waals surface area contributed by atoms with Gasteiger partial charge in [0.1, 0.15) is 23.0 Å². The van der Waals surface area contributed by atoms with Crippen LogP contribution >= 0.6 is 46.6 Å². The molecule has 0 aliphatic heterocycles. The lowest BCUT2D eigenvalue weighted by Crippen LogP contribution is -2.26. The third-order valence-electron chi connectivity index (χ3n) is 16.6. The van der Waals surface area contributed by atoms with Crippen LogP contribution in [0, 0.1) is 24.0 Å². The maximum absolute atomic E-state index is 13.5. The number of amides is 2. The number of carbonyl (C=O) groups is 4. The van der Waals surface area contributed by atoms with Crippen molar-refractivity contribution in [1.29, 1.82) is 0 Å². The van der Waals surface area contributed by atoms with Crippen LogP contribution in [-0.2, 0) is 27.5 Å². The maximum Gasteiger partial charge on any atom is 0.313 e. The van der Waals surface area contributed by atoms with Gasteiger partial charge in [0, 0.05) is 80.8 Å². The Hall–Kier alpha value is -9.47. The molecule has 100 heavy (non-hydrogen) atoms. The number of non-ortho nitro benzene ring substituents is 1. The third kappa shape index (κ3) is 19.9. The van der Waals surface area contributed by atoms with Gasteiger partial charge >= 0.3 is 11.9 Å². The first kappa shape index (κ1) is 74.7. The number of fused-ring (bicyclic) bond motifs is 2. The van der Waals surface area contributed by atoms with Gasteiger partial charge in [0.25, 0.3) is 17.5 Å². The second-order valence-corrected chi connectivity index (χ2v) is 28.0. The lowest BCUT2D eigenvalue weighted by Gasteiger charge is -2.18. The number of aromatic nitrogens is 6. The van der Waals surface area contributed by atoms with Gasteiger partial charge in [-0.1, -0.05) is 192 Å². The molecule has 524 valence electrons. The Labute approximate surface area is 597 Å². The predicted molar refractivity (Wildman–Crippen MR) is 396 cm³/mol. The fourth-order valence-electron chi connectivity index (χ4n) is 11.1. The van der Waals surface area contributed by atoms with Gasteiger partial charge in [0.15, 0.2) is 8.68 Å². The van der Waals surface area contributed by atoms with Crippen LogP contribution in [0.3, 0.4) is 0 Å². The molecular formula is C74H82N10O12S4. The Morgan fingerprint density at radius 3 is 1.75 bits per heavy atom. The van der Waals surface area contributed by atoms with Crippen molar-refractivity contribution in [2.75, 3.05) is 43.0 Å². The first-order valence-electron chi connectivity index (χ1n) is 33.3. The molecule has 7 aromatic carbocycles. The summed E-state index contributed by atoms with van der Waals surface area (Å²) in [5, 5.41) is 77.8. The van der Waals surface area contributed by atoms with E-state index in [1.807, 2.05) is 80.6 Å². The van der Waals surface area contributed by atoms with Crippen molar-refractivity contribution < 1.29 is 54.0 Å². The number of hydrogen-bond donors (Lipinski definition) is 6. The molecule has 0 saturated carbocycles. The van der Waals surface area contributed by atoms with Crippen LogP contribution in [0.5, 0.6) is 34.8 Å². The number of ether oxygens (including phenoxy) is 2. The average molecular weight is 1430 g/mol. The minimum Gasteiger partial charge on any atom is -0.506 e.